The lowest BCUT2D eigenvalue weighted by Gasteiger charge is -2.10. The van der Waals surface area contributed by atoms with Crippen LogP contribution in [0.3, 0.4) is 0 Å². The molecule has 0 aliphatic heterocycles. The van der Waals surface area contributed by atoms with Crippen molar-refractivity contribution in [2.24, 2.45) is 0 Å². The van der Waals surface area contributed by atoms with Crippen LogP contribution in [-0.4, -0.2) is 19.9 Å². The molecule has 39 heavy (non-hydrogen) atoms. The maximum Gasteiger partial charge on any atom is 0.164 e. The van der Waals surface area contributed by atoms with Gasteiger partial charge in [-0.15, -0.1) is 0 Å². The molecule has 0 aliphatic carbocycles. The lowest BCUT2D eigenvalue weighted by atomic mass is 10.0. The second-order valence-corrected chi connectivity index (χ2v) is 9.67. The molecular weight excluding hydrogens is 476 g/mol. The van der Waals surface area contributed by atoms with Crippen molar-refractivity contribution in [2.45, 2.75) is 6.92 Å². The number of aromatic nitrogens is 4. The first-order chi connectivity index (χ1) is 19.2. The van der Waals surface area contributed by atoms with E-state index in [1.165, 1.54) is 10.8 Å². The summed E-state index contributed by atoms with van der Waals surface area (Å²) in [5.74, 6) is 1.94. The lowest BCUT2D eigenvalue weighted by molar-refractivity contribution is 1.07. The summed E-state index contributed by atoms with van der Waals surface area (Å²) in [6.07, 6.45) is 0. The van der Waals surface area contributed by atoms with Crippen molar-refractivity contribution in [3.05, 3.63) is 133 Å². The minimum Gasteiger partial charge on any atom is -0.253 e. The summed E-state index contributed by atoms with van der Waals surface area (Å²) < 4.78 is 0. The molecule has 4 nitrogen and oxygen atoms in total. The molecule has 0 N–H and O–H groups in total. The molecule has 0 fully saturated rings. The molecule has 0 amide bonds. The van der Waals surface area contributed by atoms with Gasteiger partial charge in [-0.1, -0.05) is 103 Å². The zero-order valence-electron chi connectivity index (χ0n) is 21.4. The van der Waals surface area contributed by atoms with Crippen molar-refractivity contribution in [2.75, 3.05) is 0 Å². The summed E-state index contributed by atoms with van der Waals surface area (Å²) in [5.41, 5.74) is 5.85. The van der Waals surface area contributed by atoms with Gasteiger partial charge in [-0.3, -0.25) is 4.98 Å². The van der Waals surface area contributed by atoms with E-state index >= 15 is 0 Å². The number of nitrogens with zero attached hydrogens (tertiary/aromatic N) is 4. The van der Waals surface area contributed by atoms with Crippen LogP contribution in [0.5, 0.6) is 0 Å². The van der Waals surface area contributed by atoms with Crippen LogP contribution in [0.1, 0.15) is 5.69 Å². The fourth-order valence-corrected chi connectivity index (χ4v) is 4.91. The molecule has 2 heterocycles. The van der Waals surface area contributed by atoms with Crippen LogP contribution in [0.25, 0.3) is 67.0 Å². The van der Waals surface area contributed by atoms with E-state index in [1.54, 1.807) is 0 Å². The smallest absolute Gasteiger partial charge is 0.164 e. The molecule has 5 aromatic carbocycles. The molecule has 0 bridgehead atoms. The first-order valence-electron chi connectivity index (χ1n) is 13.0. The Labute approximate surface area is 226 Å². The Balaban J connectivity index is 1.37. The predicted molar refractivity (Wildman–Crippen MR) is 159 cm³/mol. The van der Waals surface area contributed by atoms with Crippen LogP contribution >= 0.6 is 0 Å². The van der Waals surface area contributed by atoms with Gasteiger partial charge in [0.05, 0.1) is 5.69 Å². The van der Waals surface area contributed by atoms with Gasteiger partial charge >= 0.3 is 0 Å². The predicted octanol–water partition coefficient (Wildman–Crippen LogP) is 8.55. The minimum absolute atomic E-state index is 0.639. The zero-order valence-corrected chi connectivity index (χ0v) is 21.4. The fraction of sp³-hybridized carbons (Fsp3) is 0.0286. The molecule has 184 valence electrons. The first kappa shape index (κ1) is 22.9. The molecule has 0 spiro atoms. The molecule has 0 unspecified atom stereocenters. The third kappa shape index (κ3) is 4.53. The average Bonchev–Trinajstić information content (AvgIpc) is 3.00. The monoisotopic (exact) mass is 500 g/mol. The average molecular weight is 501 g/mol. The Morgan fingerprint density at radius 2 is 0.821 bits per heavy atom. The van der Waals surface area contributed by atoms with Gasteiger partial charge in [-0.05, 0) is 52.7 Å². The topological polar surface area (TPSA) is 51.6 Å². The van der Waals surface area contributed by atoms with E-state index < -0.39 is 0 Å². The second kappa shape index (κ2) is 9.58. The highest BCUT2D eigenvalue weighted by molar-refractivity contribution is 5.88. The van der Waals surface area contributed by atoms with E-state index in [9.17, 15) is 0 Å². The van der Waals surface area contributed by atoms with Gasteiger partial charge in [0, 0.05) is 27.9 Å². The number of rotatable bonds is 4. The number of hydrogen-bond acceptors (Lipinski definition) is 4. The van der Waals surface area contributed by atoms with Gasteiger partial charge in [-0.25, -0.2) is 15.0 Å². The van der Waals surface area contributed by atoms with Crippen LogP contribution in [0.2, 0.25) is 0 Å². The van der Waals surface area contributed by atoms with E-state index in [4.69, 9.17) is 15.0 Å². The third-order valence-electron chi connectivity index (χ3n) is 6.98. The van der Waals surface area contributed by atoms with Crippen LogP contribution in [0.4, 0.5) is 0 Å². The van der Waals surface area contributed by atoms with E-state index in [0.717, 1.165) is 44.4 Å². The maximum absolute atomic E-state index is 4.96. The van der Waals surface area contributed by atoms with E-state index in [-0.39, 0.29) is 0 Å². The largest absolute Gasteiger partial charge is 0.253 e. The van der Waals surface area contributed by atoms with Gasteiger partial charge < -0.3 is 0 Å². The van der Waals surface area contributed by atoms with Gasteiger partial charge in [0.15, 0.2) is 17.5 Å². The van der Waals surface area contributed by atoms with Gasteiger partial charge in [0.1, 0.15) is 0 Å². The van der Waals surface area contributed by atoms with Crippen molar-refractivity contribution >= 4 is 21.5 Å². The number of pyridine rings is 1. The van der Waals surface area contributed by atoms with Crippen LogP contribution in [0.15, 0.2) is 127 Å². The number of aryl methyl sites for hydroxylation is 1. The quantitative estimate of drug-likeness (QED) is 0.243. The third-order valence-corrected chi connectivity index (χ3v) is 6.98. The highest BCUT2D eigenvalue weighted by Crippen LogP contribution is 2.29. The fourth-order valence-electron chi connectivity index (χ4n) is 4.91. The Morgan fingerprint density at radius 1 is 0.359 bits per heavy atom. The summed E-state index contributed by atoms with van der Waals surface area (Å²) in [5, 5.41) is 4.68. The van der Waals surface area contributed by atoms with Crippen LogP contribution in [0, 0.1) is 6.92 Å². The lowest BCUT2D eigenvalue weighted by Crippen LogP contribution is -2.00. The first-order valence-corrected chi connectivity index (χ1v) is 13.0. The molecular formula is C35H24N4. The van der Waals surface area contributed by atoms with Crippen LogP contribution < -0.4 is 0 Å². The summed E-state index contributed by atoms with van der Waals surface area (Å²) in [6.45, 7) is 2.01. The summed E-state index contributed by atoms with van der Waals surface area (Å²) in [6, 6.07) is 43.7. The zero-order chi connectivity index (χ0) is 26.2. The van der Waals surface area contributed by atoms with Crippen molar-refractivity contribution in [3.8, 4) is 45.4 Å². The highest BCUT2D eigenvalue weighted by Gasteiger charge is 2.13. The van der Waals surface area contributed by atoms with Gasteiger partial charge in [0.25, 0.3) is 0 Å². The molecule has 0 aliphatic rings. The van der Waals surface area contributed by atoms with E-state index in [2.05, 4.69) is 114 Å². The molecule has 0 saturated carbocycles. The normalized spacial score (nSPS) is 11.2. The van der Waals surface area contributed by atoms with Crippen molar-refractivity contribution in [3.63, 3.8) is 0 Å². The Hall–Kier alpha value is -5.22. The van der Waals surface area contributed by atoms with Crippen LogP contribution in [-0.2, 0) is 0 Å². The molecule has 7 rings (SSSR count). The van der Waals surface area contributed by atoms with Gasteiger partial charge in [-0.2, -0.15) is 0 Å². The number of benzene rings is 5. The maximum atomic E-state index is 4.96. The Kier molecular flexibility index (Phi) is 5.64. The molecule has 7 aromatic rings. The Bertz CT molecular complexity index is 1880. The summed E-state index contributed by atoms with van der Waals surface area (Å²) in [4.78, 5) is 19.5. The molecule has 0 atom stereocenters. The second-order valence-electron chi connectivity index (χ2n) is 9.67. The minimum atomic E-state index is 0.639. The Morgan fingerprint density at radius 3 is 1.36 bits per heavy atom. The summed E-state index contributed by atoms with van der Waals surface area (Å²) >= 11 is 0. The molecule has 2 aromatic heterocycles. The SMILES string of the molecule is Cc1cccc(-c2ccc(-c3nc(-c4ccc5ccccc5c4)nc(-c4ccc5ccccc5c4)n3)cc2)n1. The van der Waals surface area contributed by atoms with Crippen molar-refractivity contribution in [1.82, 2.24) is 19.9 Å². The molecule has 0 radical (unpaired) electrons. The standard InChI is InChI=1S/C35H24N4/c1-23-7-6-12-32(36-23)26-15-17-27(18-16-26)33-37-34(30-19-13-24-8-2-4-10-28(24)21-30)39-35(38-33)31-20-14-25-9-3-5-11-29(25)22-31/h2-22H,1H3. The van der Waals surface area contributed by atoms with Crippen molar-refractivity contribution < 1.29 is 0 Å². The number of hydrogen-bond donors (Lipinski definition) is 0. The molecule has 0 saturated heterocycles. The van der Waals surface area contributed by atoms with E-state index in [1.807, 2.05) is 25.1 Å². The summed E-state index contributed by atoms with van der Waals surface area (Å²) in [7, 11) is 0. The van der Waals surface area contributed by atoms with Crippen molar-refractivity contribution in [1.29, 1.82) is 0 Å². The highest BCUT2D eigenvalue weighted by atomic mass is 15.0. The van der Waals surface area contributed by atoms with E-state index in [0.29, 0.717) is 17.5 Å². The molecule has 4 heteroatoms. The van der Waals surface area contributed by atoms with Gasteiger partial charge in [0.2, 0.25) is 0 Å². The number of fused-ring (bicyclic) bond motifs is 2.